The number of nitrogens with one attached hydrogen (secondary N) is 2. The van der Waals surface area contributed by atoms with Gasteiger partial charge in [0, 0.05) is 49.6 Å². The summed E-state index contributed by atoms with van der Waals surface area (Å²) < 4.78 is 0. The summed E-state index contributed by atoms with van der Waals surface area (Å²) in [5, 5.41) is 4.15. The molecule has 2 N–H and O–H groups in total. The molecule has 2 amide bonds. The van der Waals surface area contributed by atoms with Crippen molar-refractivity contribution in [2.75, 3.05) is 13.1 Å². The van der Waals surface area contributed by atoms with Gasteiger partial charge in [0.25, 0.3) is 0 Å². The average Bonchev–Trinajstić information content (AvgIpc) is 2.98. The third-order valence-corrected chi connectivity index (χ3v) is 4.50. The number of H-pyrrole nitrogens is 1. The first-order valence-electron chi connectivity index (χ1n) is 8.61. The van der Waals surface area contributed by atoms with Crippen LogP contribution in [0.25, 0.3) is 10.9 Å². The highest BCUT2D eigenvalue weighted by atomic mass is 16.2. The summed E-state index contributed by atoms with van der Waals surface area (Å²) in [5.74, 6) is 0.0142. The smallest absolute Gasteiger partial charge is 0.221 e. The van der Waals surface area contributed by atoms with Crippen LogP contribution in [-0.2, 0) is 16.0 Å². The molecule has 24 heavy (non-hydrogen) atoms. The van der Waals surface area contributed by atoms with Gasteiger partial charge in [0.2, 0.25) is 11.8 Å². The molecule has 0 bridgehead atoms. The second-order valence-electron chi connectivity index (χ2n) is 6.18. The third kappa shape index (κ3) is 4.60. The number of carbonyl (C=O) groups is 2. The standard InChI is InChI=1S/C19H27N3O2/c1-4-14(2)22(15(3)23)12-10-19(24)20-11-9-16-13-21-18-8-6-5-7-17(16)18/h5-8,13-14,21H,4,9-12H2,1-3H3,(H,20,24). The topological polar surface area (TPSA) is 65.2 Å². The van der Waals surface area contributed by atoms with Crippen molar-refractivity contribution >= 4 is 22.7 Å². The van der Waals surface area contributed by atoms with Gasteiger partial charge in [0.1, 0.15) is 0 Å². The predicted octanol–water partition coefficient (Wildman–Crippen LogP) is 2.86. The van der Waals surface area contributed by atoms with Gasteiger partial charge < -0.3 is 15.2 Å². The van der Waals surface area contributed by atoms with E-state index >= 15 is 0 Å². The number of fused-ring (bicyclic) bond motifs is 1. The molecule has 0 spiro atoms. The molecule has 1 aromatic heterocycles. The molecule has 1 aromatic carbocycles. The van der Waals surface area contributed by atoms with E-state index in [9.17, 15) is 9.59 Å². The first-order valence-corrected chi connectivity index (χ1v) is 8.61. The highest BCUT2D eigenvalue weighted by molar-refractivity contribution is 5.83. The molecule has 2 rings (SSSR count). The Bertz CT molecular complexity index is 693. The van der Waals surface area contributed by atoms with Crippen molar-refractivity contribution in [3.8, 4) is 0 Å². The minimum absolute atomic E-state index is 0.00982. The van der Waals surface area contributed by atoms with Gasteiger partial charge in [-0.2, -0.15) is 0 Å². The summed E-state index contributed by atoms with van der Waals surface area (Å²) in [4.78, 5) is 28.7. The van der Waals surface area contributed by atoms with Crippen LogP contribution in [-0.4, -0.2) is 40.8 Å². The Morgan fingerprint density at radius 3 is 2.75 bits per heavy atom. The van der Waals surface area contributed by atoms with Crippen molar-refractivity contribution in [2.24, 2.45) is 0 Å². The van der Waals surface area contributed by atoms with Gasteiger partial charge >= 0.3 is 0 Å². The second kappa shape index (κ2) is 8.52. The Hall–Kier alpha value is -2.30. The molecule has 1 atom stereocenters. The Kier molecular flexibility index (Phi) is 6.41. The number of rotatable bonds is 8. The summed E-state index contributed by atoms with van der Waals surface area (Å²) >= 11 is 0. The maximum Gasteiger partial charge on any atom is 0.221 e. The number of hydrogen-bond acceptors (Lipinski definition) is 2. The quantitative estimate of drug-likeness (QED) is 0.782. The molecular formula is C19H27N3O2. The molecule has 1 unspecified atom stereocenters. The van der Waals surface area contributed by atoms with E-state index in [2.05, 4.69) is 16.4 Å². The molecule has 1 heterocycles. The van der Waals surface area contributed by atoms with Gasteiger partial charge in [0.15, 0.2) is 0 Å². The molecule has 0 saturated carbocycles. The number of aromatic nitrogens is 1. The summed E-state index contributed by atoms with van der Waals surface area (Å²) in [7, 11) is 0. The van der Waals surface area contributed by atoms with Crippen molar-refractivity contribution in [3.63, 3.8) is 0 Å². The second-order valence-corrected chi connectivity index (χ2v) is 6.18. The molecule has 2 aromatic rings. The lowest BCUT2D eigenvalue weighted by atomic mass is 10.1. The zero-order chi connectivity index (χ0) is 17.5. The maximum atomic E-state index is 12.0. The summed E-state index contributed by atoms with van der Waals surface area (Å²) in [6.07, 6.45) is 4.02. The summed E-state index contributed by atoms with van der Waals surface area (Å²) in [6, 6.07) is 8.32. The molecule has 0 radical (unpaired) electrons. The van der Waals surface area contributed by atoms with Gasteiger partial charge in [-0.05, 0) is 31.4 Å². The van der Waals surface area contributed by atoms with Crippen molar-refractivity contribution in [1.82, 2.24) is 15.2 Å². The normalized spacial score (nSPS) is 12.1. The number of hydrogen-bond donors (Lipinski definition) is 2. The fourth-order valence-corrected chi connectivity index (χ4v) is 2.89. The van der Waals surface area contributed by atoms with Crippen LogP contribution in [0.5, 0.6) is 0 Å². The van der Waals surface area contributed by atoms with Crippen LogP contribution in [0.1, 0.15) is 39.2 Å². The Morgan fingerprint density at radius 2 is 2.04 bits per heavy atom. The first-order chi connectivity index (χ1) is 11.5. The molecule has 130 valence electrons. The maximum absolute atomic E-state index is 12.0. The van der Waals surface area contributed by atoms with Crippen molar-refractivity contribution in [2.45, 2.75) is 46.1 Å². The third-order valence-electron chi connectivity index (χ3n) is 4.50. The minimum Gasteiger partial charge on any atom is -0.361 e. The fraction of sp³-hybridized carbons (Fsp3) is 0.474. The molecule has 5 heteroatoms. The van der Waals surface area contributed by atoms with Crippen LogP contribution in [0.3, 0.4) is 0 Å². The van der Waals surface area contributed by atoms with Crippen LogP contribution >= 0.6 is 0 Å². The van der Waals surface area contributed by atoms with Crippen molar-refractivity contribution in [1.29, 1.82) is 0 Å². The number of carbonyl (C=O) groups excluding carboxylic acids is 2. The molecule has 0 aliphatic rings. The first kappa shape index (κ1) is 18.0. The SMILES string of the molecule is CCC(C)N(CCC(=O)NCCc1c[nH]c2ccccc12)C(C)=O. The lowest BCUT2D eigenvalue weighted by molar-refractivity contribution is -0.131. The number of para-hydroxylation sites is 1. The van der Waals surface area contributed by atoms with Crippen LogP contribution in [0.4, 0.5) is 0 Å². The Morgan fingerprint density at radius 1 is 1.29 bits per heavy atom. The summed E-state index contributed by atoms with van der Waals surface area (Å²) in [6.45, 7) is 6.69. The monoisotopic (exact) mass is 329 g/mol. The number of amides is 2. The fourth-order valence-electron chi connectivity index (χ4n) is 2.89. The number of nitrogens with zero attached hydrogens (tertiary/aromatic N) is 1. The van der Waals surface area contributed by atoms with Crippen LogP contribution in [0.2, 0.25) is 0 Å². The van der Waals surface area contributed by atoms with E-state index < -0.39 is 0 Å². The van der Waals surface area contributed by atoms with Crippen LogP contribution in [0.15, 0.2) is 30.5 Å². The highest BCUT2D eigenvalue weighted by Crippen LogP contribution is 2.17. The molecule has 0 fully saturated rings. The van der Waals surface area contributed by atoms with Crippen LogP contribution < -0.4 is 5.32 Å². The largest absolute Gasteiger partial charge is 0.361 e. The van der Waals surface area contributed by atoms with E-state index in [0.29, 0.717) is 19.5 Å². The molecule has 0 aliphatic heterocycles. The van der Waals surface area contributed by atoms with Gasteiger partial charge in [0.05, 0.1) is 0 Å². The van der Waals surface area contributed by atoms with Gasteiger partial charge in [-0.1, -0.05) is 25.1 Å². The summed E-state index contributed by atoms with van der Waals surface area (Å²) in [5.41, 5.74) is 2.32. The lowest BCUT2D eigenvalue weighted by Crippen LogP contribution is -2.39. The van der Waals surface area contributed by atoms with E-state index in [-0.39, 0.29) is 17.9 Å². The Balaban J connectivity index is 1.78. The Labute approximate surface area is 143 Å². The van der Waals surface area contributed by atoms with Gasteiger partial charge in [-0.25, -0.2) is 0 Å². The zero-order valence-corrected chi connectivity index (χ0v) is 14.8. The average molecular weight is 329 g/mol. The van der Waals surface area contributed by atoms with Crippen LogP contribution in [0, 0.1) is 0 Å². The molecular weight excluding hydrogens is 302 g/mol. The van der Waals surface area contributed by atoms with Gasteiger partial charge in [-0.15, -0.1) is 0 Å². The number of aromatic amines is 1. The van der Waals surface area contributed by atoms with E-state index in [0.717, 1.165) is 18.4 Å². The highest BCUT2D eigenvalue weighted by Gasteiger charge is 2.16. The molecule has 0 saturated heterocycles. The van der Waals surface area contributed by atoms with E-state index in [4.69, 9.17) is 0 Å². The van der Waals surface area contributed by atoms with Gasteiger partial charge in [-0.3, -0.25) is 9.59 Å². The predicted molar refractivity (Wildman–Crippen MR) is 96.8 cm³/mol. The van der Waals surface area contributed by atoms with E-state index in [1.165, 1.54) is 10.9 Å². The van der Waals surface area contributed by atoms with Crippen molar-refractivity contribution < 1.29 is 9.59 Å². The minimum atomic E-state index is -0.00982. The van der Waals surface area contributed by atoms with Crippen molar-refractivity contribution in [3.05, 3.63) is 36.0 Å². The lowest BCUT2D eigenvalue weighted by Gasteiger charge is -2.27. The van der Waals surface area contributed by atoms with E-state index in [1.54, 1.807) is 11.8 Å². The van der Waals surface area contributed by atoms with E-state index in [1.807, 2.05) is 38.2 Å². The molecule has 5 nitrogen and oxygen atoms in total. The zero-order valence-electron chi connectivity index (χ0n) is 14.8. The number of benzene rings is 1. The molecule has 0 aliphatic carbocycles.